The van der Waals surface area contributed by atoms with Crippen LogP contribution in [0.25, 0.3) is 21.2 Å². The molecule has 0 saturated carbocycles. The van der Waals surface area contributed by atoms with Crippen LogP contribution in [0.3, 0.4) is 0 Å². The van der Waals surface area contributed by atoms with Crippen LogP contribution in [0.2, 0.25) is 0 Å². The van der Waals surface area contributed by atoms with Crippen molar-refractivity contribution in [1.29, 1.82) is 0 Å². The van der Waals surface area contributed by atoms with Gasteiger partial charge in [-0.1, -0.05) is 23.5 Å². The zero-order valence-electron chi connectivity index (χ0n) is 15.5. The van der Waals surface area contributed by atoms with Crippen LogP contribution in [0.1, 0.15) is 12.8 Å². The number of fused-ring (bicyclic) bond motifs is 1. The van der Waals surface area contributed by atoms with Crippen molar-refractivity contribution < 1.29 is 4.79 Å². The predicted octanol–water partition coefficient (Wildman–Crippen LogP) is 3.68. The van der Waals surface area contributed by atoms with Crippen molar-refractivity contribution in [3.8, 4) is 10.4 Å². The van der Waals surface area contributed by atoms with Gasteiger partial charge in [0.15, 0.2) is 5.13 Å². The number of aromatic nitrogens is 2. The second kappa shape index (κ2) is 7.62. The number of pyridine rings is 1. The van der Waals surface area contributed by atoms with E-state index in [-0.39, 0.29) is 11.8 Å². The van der Waals surface area contributed by atoms with Gasteiger partial charge in [0, 0.05) is 30.7 Å². The summed E-state index contributed by atoms with van der Waals surface area (Å²) in [5, 5.41) is 9.07. The van der Waals surface area contributed by atoms with Gasteiger partial charge in [-0.15, -0.1) is 0 Å². The standard InChI is InChI=1S/C20H23N5OS/c1-21-20-23-12-17(27-20)14-3-4-15-11-22-18(10-16(15)9-14)24-19(26)13-5-7-25(2)8-6-13/h3-4,9-13H,5-8H2,1-2H3,(H,21,23)(H,22,24,26). The summed E-state index contributed by atoms with van der Waals surface area (Å²) in [7, 11) is 3.97. The predicted molar refractivity (Wildman–Crippen MR) is 111 cm³/mol. The zero-order valence-corrected chi connectivity index (χ0v) is 16.3. The lowest BCUT2D eigenvalue weighted by Crippen LogP contribution is -2.36. The molecule has 4 rings (SSSR count). The van der Waals surface area contributed by atoms with E-state index in [1.54, 1.807) is 11.3 Å². The summed E-state index contributed by atoms with van der Waals surface area (Å²) in [6, 6.07) is 8.20. The highest BCUT2D eigenvalue weighted by atomic mass is 32.1. The normalized spacial score (nSPS) is 15.8. The third-order valence-electron chi connectivity index (χ3n) is 5.07. The molecule has 2 aromatic heterocycles. The molecule has 0 aliphatic carbocycles. The number of piperidine rings is 1. The third-order valence-corrected chi connectivity index (χ3v) is 6.13. The summed E-state index contributed by atoms with van der Waals surface area (Å²) >= 11 is 1.62. The van der Waals surface area contributed by atoms with Crippen LogP contribution in [0, 0.1) is 5.92 Å². The minimum Gasteiger partial charge on any atom is -0.365 e. The van der Waals surface area contributed by atoms with E-state index in [1.807, 2.05) is 25.5 Å². The van der Waals surface area contributed by atoms with Gasteiger partial charge < -0.3 is 15.5 Å². The number of nitrogens with one attached hydrogen (secondary N) is 2. The first-order chi connectivity index (χ1) is 13.1. The van der Waals surface area contributed by atoms with E-state index in [1.165, 1.54) is 0 Å². The molecular weight excluding hydrogens is 358 g/mol. The molecule has 27 heavy (non-hydrogen) atoms. The van der Waals surface area contributed by atoms with Crippen molar-refractivity contribution in [2.75, 3.05) is 37.8 Å². The summed E-state index contributed by atoms with van der Waals surface area (Å²) < 4.78 is 0. The molecule has 0 unspecified atom stereocenters. The number of thiazole rings is 1. The van der Waals surface area contributed by atoms with Gasteiger partial charge in [-0.2, -0.15) is 0 Å². The maximum absolute atomic E-state index is 12.6. The number of rotatable bonds is 4. The molecule has 3 aromatic rings. The van der Waals surface area contributed by atoms with Crippen LogP contribution in [-0.2, 0) is 4.79 Å². The van der Waals surface area contributed by atoms with E-state index < -0.39 is 0 Å². The molecule has 7 heteroatoms. The van der Waals surface area contributed by atoms with E-state index in [9.17, 15) is 4.79 Å². The van der Waals surface area contributed by atoms with Gasteiger partial charge in [0.2, 0.25) is 5.91 Å². The van der Waals surface area contributed by atoms with E-state index in [0.717, 1.165) is 52.3 Å². The first kappa shape index (κ1) is 17.9. The van der Waals surface area contributed by atoms with E-state index in [4.69, 9.17) is 0 Å². The van der Waals surface area contributed by atoms with Crippen LogP contribution < -0.4 is 10.6 Å². The summed E-state index contributed by atoms with van der Waals surface area (Å²) in [5.74, 6) is 0.762. The smallest absolute Gasteiger partial charge is 0.228 e. The number of carbonyl (C=O) groups is 1. The van der Waals surface area contributed by atoms with Gasteiger partial charge >= 0.3 is 0 Å². The van der Waals surface area contributed by atoms with E-state index in [0.29, 0.717) is 5.82 Å². The molecule has 0 radical (unpaired) electrons. The monoisotopic (exact) mass is 381 g/mol. The Kier molecular flexibility index (Phi) is 5.05. The van der Waals surface area contributed by atoms with Crippen LogP contribution in [-0.4, -0.2) is 48.0 Å². The Labute approximate surface area is 162 Å². The molecule has 1 amide bonds. The van der Waals surface area contributed by atoms with E-state index in [2.05, 4.69) is 50.7 Å². The molecule has 1 aliphatic heterocycles. The summed E-state index contributed by atoms with van der Waals surface area (Å²) in [6.45, 7) is 1.94. The highest BCUT2D eigenvalue weighted by molar-refractivity contribution is 7.18. The number of carbonyl (C=O) groups excluding carboxylic acids is 1. The minimum atomic E-state index is 0.0715. The van der Waals surface area contributed by atoms with Crippen molar-refractivity contribution in [1.82, 2.24) is 14.9 Å². The quantitative estimate of drug-likeness (QED) is 0.721. The third kappa shape index (κ3) is 3.94. The second-order valence-electron chi connectivity index (χ2n) is 6.98. The summed E-state index contributed by atoms with van der Waals surface area (Å²) in [5.41, 5.74) is 1.11. The van der Waals surface area contributed by atoms with E-state index >= 15 is 0 Å². The maximum Gasteiger partial charge on any atom is 0.228 e. The van der Waals surface area contributed by atoms with Crippen molar-refractivity contribution in [3.63, 3.8) is 0 Å². The van der Waals surface area contributed by atoms with Gasteiger partial charge in [0.05, 0.1) is 4.88 Å². The summed E-state index contributed by atoms with van der Waals surface area (Å²) in [6.07, 6.45) is 5.50. The second-order valence-corrected chi connectivity index (χ2v) is 8.01. The fourth-order valence-corrected chi connectivity index (χ4v) is 4.15. The van der Waals surface area contributed by atoms with Crippen molar-refractivity contribution in [3.05, 3.63) is 36.7 Å². The number of nitrogens with zero attached hydrogens (tertiary/aromatic N) is 3. The molecular formula is C20H23N5OS. The van der Waals surface area contributed by atoms with Crippen molar-refractivity contribution in [2.24, 2.45) is 5.92 Å². The Bertz CT molecular complexity index is 962. The molecule has 140 valence electrons. The lowest BCUT2D eigenvalue weighted by Gasteiger charge is -2.27. The lowest BCUT2D eigenvalue weighted by molar-refractivity contribution is -0.121. The molecule has 3 heterocycles. The topological polar surface area (TPSA) is 70.1 Å². The highest BCUT2D eigenvalue weighted by Gasteiger charge is 2.23. The minimum absolute atomic E-state index is 0.0715. The molecule has 1 aliphatic rings. The fraction of sp³-hybridized carbons (Fsp3) is 0.350. The Balaban J connectivity index is 1.54. The number of likely N-dealkylation sites (tertiary alicyclic amines) is 1. The molecule has 0 atom stereocenters. The van der Waals surface area contributed by atoms with Crippen LogP contribution >= 0.6 is 11.3 Å². The highest BCUT2D eigenvalue weighted by Crippen LogP contribution is 2.31. The zero-order chi connectivity index (χ0) is 18.8. The van der Waals surface area contributed by atoms with Gasteiger partial charge in [-0.3, -0.25) is 4.79 Å². The van der Waals surface area contributed by atoms with Crippen LogP contribution in [0.4, 0.5) is 10.9 Å². The number of amides is 1. The first-order valence-corrected chi connectivity index (χ1v) is 9.97. The average Bonchev–Trinajstić information content (AvgIpc) is 3.17. The Hall–Kier alpha value is -2.51. The number of hydrogen-bond donors (Lipinski definition) is 2. The molecule has 6 nitrogen and oxygen atoms in total. The van der Waals surface area contributed by atoms with Crippen molar-refractivity contribution >= 4 is 39.0 Å². The Morgan fingerprint density at radius 1 is 1.15 bits per heavy atom. The van der Waals surface area contributed by atoms with Crippen molar-refractivity contribution in [2.45, 2.75) is 12.8 Å². The number of hydrogen-bond acceptors (Lipinski definition) is 6. The number of benzene rings is 1. The molecule has 1 saturated heterocycles. The summed E-state index contributed by atoms with van der Waals surface area (Å²) in [4.78, 5) is 24.7. The van der Waals surface area contributed by atoms with Gasteiger partial charge in [0.25, 0.3) is 0 Å². The fourth-order valence-electron chi connectivity index (χ4n) is 3.38. The Morgan fingerprint density at radius 3 is 2.70 bits per heavy atom. The first-order valence-electron chi connectivity index (χ1n) is 9.15. The van der Waals surface area contributed by atoms with Crippen LogP contribution in [0.5, 0.6) is 0 Å². The lowest BCUT2D eigenvalue weighted by atomic mass is 9.96. The molecule has 2 N–H and O–H groups in total. The maximum atomic E-state index is 12.6. The largest absolute Gasteiger partial charge is 0.365 e. The number of anilines is 2. The van der Waals surface area contributed by atoms with Gasteiger partial charge in [-0.25, -0.2) is 9.97 Å². The Morgan fingerprint density at radius 2 is 1.96 bits per heavy atom. The SMILES string of the molecule is CNc1ncc(-c2ccc3cnc(NC(=O)C4CCN(C)CC4)cc3c2)s1. The molecule has 0 spiro atoms. The van der Waals surface area contributed by atoms with Gasteiger partial charge in [-0.05, 0) is 56.1 Å². The molecule has 0 bridgehead atoms. The molecule has 1 fully saturated rings. The average molecular weight is 382 g/mol. The van der Waals surface area contributed by atoms with Gasteiger partial charge in [0.1, 0.15) is 5.82 Å². The molecule has 1 aromatic carbocycles. The van der Waals surface area contributed by atoms with Crippen LogP contribution in [0.15, 0.2) is 36.7 Å².